The molecule has 0 saturated carbocycles. The van der Waals surface area contributed by atoms with Gasteiger partial charge in [-0.05, 0) is 55.8 Å². The molecular formula is C22H21FN6O3S. The lowest BCUT2D eigenvalue weighted by Crippen LogP contribution is -2.37. The molecule has 0 saturated heterocycles. The zero-order valence-electron chi connectivity index (χ0n) is 18.0. The van der Waals surface area contributed by atoms with Crippen LogP contribution < -0.4 is 9.04 Å². The summed E-state index contributed by atoms with van der Waals surface area (Å²) < 4.78 is 50.2. The van der Waals surface area contributed by atoms with Gasteiger partial charge in [-0.1, -0.05) is 0 Å². The second-order valence-corrected chi connectivity index (χ2v) is 9.53. The molecule has 9 nitrogen and oxygen atoms in total. The molecular weight excluding hydrogens is 447 g/mol. The van der Waals surface area contributed by atoms with Gasteiger partial charge in [0.25, 0.3) is 10.0 Å². The molecule has 0 N–H and O–H groups in total. The first kappa shape index (κ1) is 21.1. The van der Waals surface area contributed by atoms with E-state index in [-0.39, 0.29) is 17.4 Å². The van der Waals surface area contributed by atoms with Crippen LogP contribution in [0.15, 0.2) is 59.9 Å². The number of sulfonamides is 1. The zero-order valence-corrected chi connectivity index (χ0v) is 18.8. The van der Waals surface area contributed by atoms with E-state index in [4.69, 9.17) is 4.74 Å². The average molecular weight is 469 g/mol. The molecule has 33 heavy (non-hydrogen) atoms. The van der Waals surface area contributed by atoms with E-state index < -0.39 is 15.8 Å². The summed E-state index contributed by atoms with van der Waals surface area (Å²) in [5.41, 5.74) is 2.45. The quantitative estimate of drug-likeness (QED) is 0.447. The van der Waals surface area contributed by atoms with E-state index in [1.165, 1.54) is 16.4 Å². The molecule has 1 aliphatic heterocycles. The number of ether oxygens (including phenoxy) is 1. The van der Waals surface area contributed by atoms with Crippen molar-refractivity contribution in [1.29, 1.82) is 0 Å². The normalized spacial score (nSPS) is 13.7. The van der Waals surface area contributed by atoms with E-state index in [1.807, 2.05) is 35.9 Å². The fourth-order valence-corrected chi connectivity index (χ4v) is 5.37. The third-order valence-electron chi connectivity index (χ3n) is 5.53. The molecule has 170 valence electrons. The van der Waals surface area contributed by atoms with Gasteiger partial charge in [0.15, 0.2) is 5.82 Å². The molecule has 1 aliphatic rings. The van der Waals surface area contributed by atoms with E-state index >= 15 is 0 Å². The van der Waals surface area contributed by atoms with Crippen LogP contribution in [0.2, 0.25) is 0 Å². The van der Waals surface area contributed by atoms with Crippen molar-refractivity contribution in [2.45, 2.75) is 24.8 Å². The van der Waals surface area contributed by atoms with Gasteiger partial charge >= 0.3 is 0 Å². The fourth-order valence-electron chi connectivity index (χ4n) is 3.92. The van der Waals surface area contributed by atoms with Gasteiger partial charge in [-0.15, -0.1) is 10.2 Å². The summed E-state index contributed by atoms with van der Waals surface area (Å²) in [6.45, 7) is 2.74. The summed E-state index contributed by atoms with van der Waals surface area (Å²) in [5.74, 6) is 0.889. The summed E-state index contributed by atoms with van der Waals surface area (Å²) in [7, 11) is -2.32. The highest BCUT2D eigenvalue weighted by Gasteiger charge is 2.33. The Morgan fingerprint density at radius 2 is 1.85 bits per heavy atom. The molecule has 5 rings (SSSR count). The van der Waals surface area contributed by atoms with Crippen LogP contribution in [0.25, 0.3) is 17.1 Å². The summed E-state index contributed by atoms with van der Waals surface area (Å²) in [6, 6.07) is 10.4. The largest absolute Gasteiger partial charge is 0.495 e. The molecule has 0 atom stereocenters. The highest BCUT2D eigenvalue weighted by Crippen LogP contribution is 2.33. The third-order valence-corrected chi connectivity index (χ3v) is 7.32. The topological polar surface area (TPSA) is 95.1 Å². The number of aryl methyl sites for hydroxylation is 1. The SMILES string of the molecule is COc1cc(-c2nnc3n2CCCN3S(=O)(=O)c2ccc(F)cc2)ccc1-n1cnc(C)c1. The van der Waals surface area contributed by atoms with E-state index in [9.17, 15) is 12.8 Å². The van der Waals surface area contributed by atoms with Gasteiger partial charge in [0, 0.05) is 24.8 Å². The maximum absolute atomic E-state index is 13.3. The predicted octanol–water partition coefficient (Wildman–Crippen LogP) is 3.19. The Kier molecular flexibility index (Phi) is 5.12. The second-order valence-electron chi connectivity index (χ2n) is 7.67. The first-order chi connectivity index (χ1) is 15.9. The average Bonchev–Trinajstić information content (AvgIpc) is 3.45. The Bertz CT molecular complexity index is 1430. The van der Waals surface area contributed by atoms with Crippen molar-refractivity contribution >= 4 is 16.0 Å². The summed E-state index contributed by atoms with van der Waals surface area (Å²) in [4.78, 5) is 4.26. The second kappa shape index (κ2) is 8.00. The number of rotatable bonds is 5. The Labute approximate surface area is 190 Å². The Balaban J connectivity index is 1.54. The maximum atomic E-state index is 13.3. The van der Waals surface area contributed by atoms with E-state index in [0.29, 0.717) is 24.5 Å². The van der Waals surface area contributed by atoms with Crippen LogP contribution in [0, 0.1) is 12.7 Å². The van der Waals surface area contributed by atoms with Crippen LogP contribution in [0.5, 0.6) is 5.75 Å². The molecule has 0 radical (unpaired) electrons. The number of nitrogens with zero attached hydrogens (tertiary/aromatic N) is 6. The van der Waals surface area contributed by atoms with Crippen molar-refractivity contribution in [2.75, 3.05) is 18.0 Å². The highest BCUT2D eigenvalue weighted by molar-refractivity contribution is 7.92. The van der Waals surface area contributed by atoms with Gasteiger partial charge in [-0.3, -0.25) is 4.57 Å². The zero-order chi connectivity index (χ0) is 23.2. The van der Waals surface area contributed by atoms with Gasteiger partial charge in [0.05, 0.1) is 29.7 Å². The molecule has 2 aromatic carbocycles. The van der Waals surface area contributed by atoms with Gasteiger partial charge in [-0.2, -0.15) is 0 Å². The summed E-state index contributed by atoms with van der Waals surface area (Å²) in [6.07, 6.45) is 4.20. The fraction of sp³-hybridized carbons (Fsp3) is 0.227. The molecule has 0 bridgehead atoms. The molecule has 11 heteroatoms. The number of hydrogen-bond acceptors (Lipinski definition) is 6. The number of hydrogen-bond donors (Lipinski definition) is 0. The molecule has 0 fully saturated rings. The maximum Gasteiger partial charge on any atom is 0.266 e. The Hall–Kier alpha value is -3.73. The van der Waals surface area contributed by atoms with Crippen molar-refractivity contribution in [3.63, 3.8) is 0 Å². The van der Waals surface area contributed by atoms with Crippen molar-refractivity contribution in [2.24, 2.45) is 0 Å². The summed E-state index contributed by atoms with van der Waals surface area (Å²) >= 11 is 0. The number of halogens is 1. The van der Waals surface area contributed by atoms with Gasteiger partial charge < -0.3 is 9.30 Å². The first-order valence-electron chi connectivity index (χ1n) is 10.3. The standard InChI is InChI=1S/C22H21FN6O3S/c1-15-13-27(14-24-15)19-9-4-16(12-20(19)32-2)21-25-26-22-28(21)10-3-11-29(22)33(30,31)18-7-5-17(23)6-8-18/h4-9,12-14H,3,10-11H2,1-2H3. The lowest BCUT2D eigenvalue weighted by molar-refractivity contribution is 0.413. The molecule has 3 heterocycles. The van der Waals surface area contributed by atoms with E-state index in [2.05, 4.69) is 15.2 Å². The van der Waals surface area contributed by atoms with Crippen LogP contribution in [-0.2, 0) is 16.6 Å². The number of imidazole rings is 1. The predicted molar refractivity (Wildman–Crippen MR) is 119 cm³/mol. The Morgan fingerprint density at radius 1 is 1.06 bits per heavy atom. The third kappa shape index (κ3) is 3.63. The van der Waals surface area contributed by atoms with Crippen molar-refractivity contribution in [3.8, 4) is 22.8 Å². The molecule has 0 amide bonds. The molecule has 0 unspecified atom stereocenters. The minimum atomic E-state index is -3.91. The molecule has 4 aromatic rings. The summed E-state index contributed by atoms with van der Waals surface area (Å²) in [5, 5.41) is 8.49. The minimum Gasteiger partial charge on any atom is -0.495 e. The highest BCUT2D eigenvalue weighted by atomic mass is 32.2. The van der Waals surface area contributed by atoms with Crippen LogP contribution in [0.4, 0.5) is 10.3 Å². The number of fused-ring (bicyclic) bond motifs is 1. The molecule has 0 spiro atoms. The lowest BCUT2D eigenvalue weighted by Gasteiger charge is -2.28. The molecule has 2 aromatic heterocycles. The van der Waals surface area contributed by atoms with Crippen LogP contribution in [0.1, 0.15) is 12.1 Å². The van der Waals surface area contributed by atoms with Crippen LogP contribution in [0.3, 0.4) is 0 Å². The number of anilines is 1. The smallest absolute Gasteiger partial charge is 0.266 e. The monoisotopic (exact) mass is 468 g/mol. The van der Waals surface area contributed by atoms with Crippen LogP contribution in [-0.4, -0.2) is 46.4 Å². The number of methoxy groups -OCH3 is 1. The van der Waals surface area contributed by atoms with E-state index in [1.54, 1.807) is 18.0 Å². The lowest BCUT2D eigenvalue weighted by atomic mass is 10.1. The van der Waals surface area contributed by atoms with Gasteiger partial charge in [-0.25, -0.2) is 22.1 Å². The number of benzene rings is 2. The Morgan fingerprint density at radius 3 is 2.55 bits per heavy atom. The van der Waals surface area contributed by atoms with Crippen molar-refractivity contribution in [1.82, 2.24) is 24.3 Å². The van der Waals surface area contributed by atoms with Crippen molar-refractivity contribution < 1.29 is 17.5 Å². The molecule has 0 aliphatic carbocycles. The first-order valence-corrected chi connectivity index (χ1v) is 11.7. The van der Waals surface area contributed by atoms with Crippen molar-refractivity contribution in [3.05, 3.63) is 66.5 Å². The number of aromatic nitrogens is 5. The van der Waals surface area contributed by atoms with E-state index in [0.717, 1.165) is 29.1 Å². The van der Waals surface area contributed by atoms with Gasteiger partial charge in [0.2, 0.25) is 5.95 Å². The van der Waals surface area contributed by atoms with Gasteiger partial charge in [0.1, 0.15) is 11.6 Å². The minimum absolute atomic E-state index is 0.00328. The van der Waals surface area contributed by atoms with Crippen LogP contribution >= 0.6 is 0 Å².